The molecule has 0 saturated carbocycles. The van der Waals surface area contributed by atoms with E-state index in [2.05, 4.69) is 4.98 Å². The lowest BCUT2D eigenvalue weighted by Gasteiger charge is -2.23. The number of methoxy groups -OCH3 is 1. The molecule has 1 aliphatic heterocycles. The Labute approximate surface area is 176 Å². The summed E-state index contributed by atoms with van der Waals surface area (Å²) in [5.74, 6) is -1.75. The highest BCUT2D eigenvalue weighted by molar-refractivity contribution is 7.14. The van der Waals surface area contributed by atoms with Crippen molar-refractivity contribution in [3.8, 4) is 11.5 Å². The van der Waals surface area contributed by atoms with Gasteiger partial charge in [-0.2, -0.15) is 0 Å². The van der Waals surface area contributed by atoms with E-state index >= 15 is 0 Å². The number of ketones is 1. The second kappa shape index (κ2) is 7.64. The van der Waals surface area contributed by atoms with Gasteiger partial charge in [-0.05, 0) is 24.6 Å². The number of benzene rings is 2. The molecule has 0 radical (unpaired) electrons. The smallest absolute Gasteiger partial charge is 0.301 e. The highest BCUT2D eigenvalue weighted by Crippen LogP contribution is 2.44. The van der Waals surface area contributed by atoms with E-state index < -0.39 is 17.7 Å². The molecule has 152 valence electrons. The van der Waals surface area contributed by atoms with E-state index in [9.17, 15) is 19.8 Å². The molecule has 0 aliphatic carbocycles. The highest BCUT2D eigenvalue weighted by Gasteiger charge is 2.48. The molecule has 1 saturated heterocycles. The van der Waals surface area contributed by atoms with Crippen molar-refractivity contribution >= 4 is 33.9 Å². The number of amides is 1. The van der Waals surface area contributed by atoms with Gasteiger partial charge in [-0.1, -0.05) is 35.9 Å². The van der Waals surface area contributed by atoms with Crippen molar-refractivity contribution in [2.45, 2.75) is 13.0 Å². The fourth-order valence-corrected chi connectivity index (χ4v) is 4.08. The van der Waals surface area contributed by atoms with E-state index in [-0.39, 0.29) is 22.8 Å². The Morgan fingerprint density at radius 3 is 2.53 bits per heavy atom. The number of ether oxygens (including phenoxy) is 1. The monoisotopic (exact) mass is 422 g/mol. The van der Waals surface area contributed by atoms with Crippen LogP contribution in [-0.2, 0) is 9.59 Å². The largest absolute Gasteiger partial charge is 0.507 e. The number of aliphatic hydroxyl groups excluding tert-OH is 1. The summed E-state index contributed by atoms with van der Waals surface area (Å²) in [6.07, 6.45) is 1.54. The standard InChI is InChI=1S/C22H18N2O5S/c1-12-3-5-13(6-4-12)19(26)17-18(14-7-8-15(25)16(11-14)29-2)24(21(28)20(17)27)22-23-9-10-30-22/h3-11,18,25-26H,1-2H3/t18-/m0/s1. The van der Waals surface area contributed by atoms with Crippen LogP contribution in [0.15, 0.2) is 59.6 Å². The summed E-state index contributed by atoms with van der Waals surface area (Å²) in [6, 6.07) is 10.6. The minimum Gasteiger partial charge on any atom is -0.507 e. The third kappa shape index (κ3) is 3.21. The van der Waals surface area contributed by atoms with Crippen LogP contribution in [0.25, 0.3) is 5.76 Å². The Kier molecular flexibility index (Phi) is 5.01. The van der Waals surface area contributed by atoms with Crippen molar-refractivity contribution in [1.82, 2.24) is 4.98 Å². The van der Waals surface area contributed by atoms with Gasteiger partial charge < -0.3 is 14.9 Å². The Morgan fingerprint density at radius 2 is 1.90 bits per heavy atom. The number of aryl methyl sites for hydroxylation is 1. The van der Waals surface area contributed by atoms with Crippen LogP contribution in [0.5, 0.6) is 11.5 Å². The molecule has 1 atom stereocenters. The summed E-state index contributed by atoms with van der Waals surface area (Å²) in [6.45, 7) is 1.91. The van der Waals surface area contributed by atoms with Gasteiger partial charge in [0, 0.05) is 17.1 Å². The summed E-state index contributed by atoms with van der Waals surface area (Å²) in [5, 5.41) is 23.0. The van der Waals surface area contributed by atoms with Crippen LogP contribution in [0.1, 0.15) is 22.7 Å². The maximum Gasteiger partial charge on any atom is 0.301 e. The molecule has 7 nitrogen and oxygen atoms in total. The minimum absolute atomic E-state index is 0.0493. The second-order valence-electron chi connectivity index (χ2n) is 6.78. The van der Waals surface area contributed by atoms with Crippen LogP contribution in [0.2, 0.25) is 0 Å². The number of carbonyl (C=O) groups is 2. The number of nitrogens with zero attached hydrogens (tertiary/aromatic N) is 2. The van der Waals surface area contributed by atoms with E-state index in [4.69, 9.17) is 4.74 Å². The topological polar surface area (TPSA) is 100.0 Å². The maximum atomic E-state index is 13.0. The number of rotatable bonds is 4. The number of phenolic OH excluding ortho intramolecular Hbond substituents is 1. The molecule has 0 bridgehead atoms. The molecule has 2 N–H and O–H groups in total. The first-order valence-corrected chi connectivity index (χ1v) is 9.94. The van der Waals surface area contributed by atoms with Gasteiger partial charge in [-0.25, -0.2) is 4.98 Å². The number of hydrogen-bond acceptors (Lipinski definition) is 7. The van der Waals surface area contributed by atoms with E-state index in [1.807, 2.05) is 19.1 Å². The van der Waals surface area contributed by atoms with Crippen molar-refractivity contribution < 1.29 is 24.5 Å². The molecular formula is C22H18N2O5S. The zero-order chi connectivity index (χ0) is 21.4. The van der Waals surface area contributed by atoms with Gasteiger partial charge in [-0.3, -0.25) is 14.5 Å². The van der Waals surface area contributed by atoms with Crippen molar-refractivity contribution in [2.75, 3.05) is 12.0 Å². The molecule has 1 aromatic heterocycles. The number of aliphatic hydroxyl groups is 1. The van der Waals surface area contributed by atoms with Crippen LogP contribution in [-0.4, -0.2) is 34.0 Å². The molecule has 1 aliphatic rings. The van der Waals surface area contributed by atoms with E-state index in [0.29, 0.717) is 16.3 Å². The first kappa shape index (κ1) is 19.7. The normalized spacial score (nSPS) is 18.1. The lowest BCUT2D eigenvalue weighted by Crippen LogP contribution is -2.29. The molecular weight excluding hydrogens is 404 g/mol. The van der Waals surface area contributed by atoms with Crippen LogP contribution >= 0.6 is 11.3 Å². The SMILES string of the molecule is COc1cc([C@H]2C(=C(O)c3ccc(C)cc3)C(=O)C(=O)N2c2nccs2)ccc1O. The Bertz CT molecular complexity index is 1150. The van der Waals surface area contributed by atoms with Crippen LogP contribution < -0.4 is 9.64 Å². The van der Waals surface area contributed by atoms with Crippen molar-refractivity contribution in [1.29, 1.82) is 0 Å². The summed E-state index contributed by atoms with van der Waals surface area (Å²) in [4.78, 5) is 31.4. The molecule has 3 aromatic rings. The molecule has 2 aromatic carbocycles. The van der Waals surface area contributed by atoms with Crippen molar-refractivity contribution in [3.63, 3.8) is 0 Å². The zero-order valence-electron chi connectivity index (χ0n) is 16.2. The number of carbonyl (C=O) groups excluding carboxylic acids is 2. The predicted molar refractivity (Wildman–Crippen MR) is 113 cm³/mol. The van der Waals surface area contributed by atoms with Gasteiger partial charge in [0.15, 0.2) is 16.6 Å². The average molecular weight is 422 g/mol. The zero-order valence-corrected chi connectivity index (χ0v) is 17.0. The molecule has 0 unspecified atom stereocenters. The van der Waals surface area contributed by atoms with Gasteiger partial charge in [0.05, 0.1) is 18.7 Å². The lowest BCUT2D eigenvalue weighted by atomic mass is 9.95. The number of hydrogen-bond donors (Lipinski definition) is 2. The number of anilines is 1. The molecule has 8 heteroatoms. The third-order valence-corrected chi connectivity index (χ3v) is 5.69. The first-order valence-electron chi connectivity index (χ1n) is 9.06. The third-order valence-electron chi connectivity index (χ3n) is 4.91. The summed E-state index contributed by atoms with van der Waals surface area (Å²) in [7, 11) is 1.41. The quantitative estimate of drug-likeness (QED) is 0.377. The maximum absolute atomic E-state index is 13.0. The number of aromatic nitrogens is 1. The van der Waals surface area contributed by atoms with E-state index in [1.165, 1.54) is 41.7 Å². The molecule has 30 heavy (non-hydrogen) atoms. The average Bonchev–Trinajstić information content (AvgIpc) is 3.35. The van der Waals surface area contributed by atoms with Gasteiger partial charge in [-0.15, -0.1) is 11.3 Å². The second-order valence-corrected chi connectivity index (χ2v) is 7.65. The Hall–Kier alpha value is -3.65. The number of aromatic hydroxyl groups is 1. The van der Waals surface area contributed by atoms with Crippen LogP contribution in [0, 0.1) is 6.92 Å². The fraction of sp³-hybridized carbons (Fsp3) is 0.136. The number of Topliss-reactive ketones (excluding diaryl/α,β-unsaturated/α-hetero) is 1. The predicted octanol–water partition coefficient (Wildman–Crippen LogP) is 3.79. The van der Waals surface area contributed by atoms with Crippen LogP contribution in [0.3, 0.4) is 0 Å². The Balaban J connectivity index is 1.95. The van der Waals surface area contributed by atoms with Gasteiger partial charge >= 0.3 is 5.91 Å². The van der Waals surface area contributed by atoms with Crippen molar-refractivity contribution in [3.05, 3.63) is 76.3 Å². The molecule has 0 spiro atoms. The highest BCUT2D eigenvalue weighted by atomic mass is 32.1. The molecule has 1 amide bonds. The van der Waals surface area contributed by atoms with Gasteiger partial charge in [0.2, 0.25) is 0 Å². The van der Waals surface area contributed by atoms with E-state index in [1.54, 1.807) is 23.6 Å². The van der Waals surface area contributed by atoms with Gasteiger partial charge in [0.25, 0.3) is 5.78 Å². The lowest BCUT2D eigenvalue weighted by molar-refractivity contribution is -0.132. The minimum atomic E-state index is -0.924. The number of thiazole rings is 1. The summed E-state index contributed by atoms with van der Waals surface area (Å²) in [5.41, 5.74) is 1.86. The molecule has 4 rings (SSSR count). The summed E-state index contributed by atoms with van der Waals surface area (Å²) >= 11 is 1.21. The van der Waals surface area contributed by atoms with Gasteiger partial charge in [0.1, 0.15) is 5.76 Å². The first-order chi connectivity index (χ1) is 14.4. The van der Waals surface area contributed by atoms with Crippen LogP contribution in [0.4, 0.5) is 5.13 Å². The summed E-state index contributed by atoms with van der Waals surface area (Å²) < 4.78 is 5.19. The number of phenols is 1. The fourth-order valence-electron chi connectivity index (χ4n) is 3.41. The van der Waals surface area contributed by atoms with E-state index in [0.717, 1.165) is 5.56 Å². The molecule has 2 heterocycles. The van der Waals surface area contributed by atoms with Crippen molar-refractivity contribution in [2.24, 2.45) is 0 Å². The molecule has 1 fully saturated rings. The Morgan fingerprint density at radius 1 is 1.17 bits per heavy atom.